The molecule has 0 spiro atoms. The molecule has 3 N–H and O–H groups in total. The van der Waals surface area contributed by atoms with E-state index < -0.39 is 17.9 Å². The van der Waals surface area contributed by atoms with E-state index in [0.717, 1.165) is 11.3 Å². The SMILES string of the molecule is Cc1cccc(N(C(=O)CNC(=O)Nc2cccc(CC(=O)O)c2)c2ccccc2OCC(=O)N(C)c2ccccc2)c1. The number of benzene rings is 4. The number of hydrogen-bond donors (Lipinski definition) is 3. The van der Waals surface area contributed by atoms with Crippen molar-refractivity contribution in [1.82, 2.24) is 5.32 Å². The molecule has 0 saturated heterocycles. The van der Waals surface area contributed by atoms with Crippen LogP contribution >= 0.6 is 0 Å². The Balaban J connectivity index is 1.50. The Morgan fingerprint density at radius 1 is 0.791 bits per heavy atom. The highest BCUT2D eigenvalue weighted by Gasteiger charge is 2.23. The molecule has 220 valence electrons. The summed E-state index contributed by atoms with van der Waals surface area (Å²) in [5.74, 6) is -1.41. The van der Waals surface area contributed by atoms with Gasteiger partial charge in [-0.25, -0.2) is 4.79 Å². The first-order valence-electron chi connectivity index (χ1n) is 13.5. The van der Waals surface area contributed by atoms with E-state index in [2.05, 4.69) is 10.6 Å². The van der Waals surface area contributed by atoms with E-state index in [4.69, 9.17) is 9.84 Å². The topological polar surface area (TPSA) is 128 Å². The summed E-state index contributed by atoms with van der Waals surface area (Å²) in [5, 5.41) is 14.2. The van der Waals surface area contributed by atoms with Crippen LogP contribution in [0.4, 0.5) is 27.5 Å². The maximum Gasteiger partial charge on any atom is 0.319 e. The highest BCUT2D eigenvalue weighted by atomic mass is 16.5. The molecule has 43 heavy (non-hydrogen) atoms. The predicted molar refractivity (Wildman–Crippen MR) is 165 cm³/mol. The Hall–Kier alpha value is -5.64. The second-order valence-electron chi connectivity index (χ2n) is 9.69. The number of nitrogens with zero attached hydrogens (tertiary/aromatic N) is 2. The van der Waals surface area contributed by atoms with Crippen LogP contribution in [0.3, 0.4) is 0 Å². The molecule has 0 unspecified atom stereocenters. The molecule has 0 heterocycles. The zero-order valence-electron chi connectivity index (χ0n) is 23.8. The quantitative estimate of drug-likeness (QED) is 0.225. The Morgan fingerprint density at radius 2 is 1.49 bits per heavy atom. The van der Waals surface area contributed by atoms with Gasteiger partial charge in [0.2, 0.25) is 0 Å². The van der Waals surface area contributed by atoms with Gasteiger partial charge in [-0.1, -0.05) is 54.6 Å². The summed E-state index contributed by atoms with van der Waals surface area (Å²) in [6.07, 6.45) is -0.184. The van der Waals surface area contributed by atoms with Gasteiger partial charge in [-0.05, 0) is 66.6 Å². The maximum atomic E-state index is 13.7. The van der Waals surface area contributed by atoms with Crippen LogP contribution in [0.25, 0.3) is 0 Å². The van der Waals surface area contributed by atoms with Crippen LogP contribution in [0.5, 0.6) is 5.75 Å². The van der Waals surface area contributed by atoms with Gasteiger partial charge < -0.3 is 25.4 Å². The van der Waals surface area contributed by atoms with Gasteiger partial charge in [0.1, 0.15) is 5.75 Å². The lowest BCUT2D eigenvalue weighted by Crippen LogP contribution is -2.40. The van der Waals surface area contributed by atoms with Gasteiger partial charge in [0.15, 0.2) is 6.61 Å². The van der Waals surface area contributed by atoms with Gasteiger partial charge >= 0.3 is 12.0 Å². The number of rotatable bonds is 11. The van der Waals surface area contributed by atoms with Crippen LogP contribution in [-0.2, 0) is 20.8 Å². The summed E-state index contributed by atoms with van der Waals surface area (Å²) in [5.41, 5.74) is 3.51. The summed E-state index contributed by atoms with van der Waals surface area (Å²) in [6, 6.07) is 29.2. The molecule has 0 aliphatic heterocycles. The van der Waals surface area contributed by atoms with Crippen molar-refractivity contribution in [2.75, 3.05) is 35.3 Å². The number of aryl methyl sites for hydroxylation is 1. The number of nitrogens with one attached hydrogen (secondary N) is 2. The fourth-order valence-electron chi connectivity index (χ4n) is 4.32. The normalized spacial score (nSPS) is 10.4. The summed E-state index contributed by atoms with van der Waals surface area (Å²) in [6.45, 7) is 1.27. The van der Waals surface area contributed by atoms with Crippen molar-refractivity contribution < 1.29 is 29.0 Å². The Morgan fingerprint density at radius 3 is 2.23 bits per heavy atom. The van der Waals surface area contributed by atoms with Gasteiger partial charge in [0.05, 0.1) is 18.7 Å². The molecule has 0 aliphatic rings. The lowest BCUT2D eigenvalue weighted by Gasteiger charge is -2.26. The smallest absolute Gasteiger partial charge is 0.319 e. The second-order valence-corrected chi connectivity index (χ2v) is 9.69. The number of likely N-dealkylation sites (N-methyl/N-ethyl adjacent to an activating group) is 1. The van der Waals surface area contributed by atoms with Crippen molar-refractivity contribution in [3.05, 3.63) is 114 Å². The molecular weight excluding hydrogens is 548 g/mol. The number of amides is 4. The third-order valence-electron chi connectivity index (χ3n) is 6.42. The first-order valence-corrected chi connectivity index (χ1v) is 13.5. The lowest BCUT2D eigenvalue weighted by atomic mass is 10.1. The second kappa shape index (κ2) is 14.3. The molecule has 4 aromatic rings. The molecule has 0 radical (unpaired) electrons. The summed E-state index contributed by atoms with van der Waals surface area (Å²) in [4.78, 5) is 53.1. The van der Waals surface area contributed by atoms with Gasteiger partial charge in [-0.3, -0.25) is 19.3 Å². The van der Waals surface area contributed by atoms with E-state index in [-0.39, 0.29) is 25.5 Å². The first kappa shape index (κ1) is 30.3. The van der Waals surface area contributed by atoms with Gasteiger partial charge in [0.25, 0.3) is 11.8 Å². The van der Waals surface area contributed by atoms with E-state index in [0.29, 0.717) is 28.4 Å². The summed E-state index contributed by atoms with van der Waals surface area (Å²) in [7, 11) is 1.66. The third kappa shape index (κ3) is 8.43. The van der Waals surface area contributed by atoms with Crippen molar-refractivity contribution in [2.45, 2.75) is 13.3 Å². The summed E-state index contributed by atoms with van der Waals surface area (Å²) < 4.78 is 5.94. The number of ether oxygens (including phenoxy) is 1. The lowest BCUT2D eigenvalue weighted by molar-refractivity contribution is -0.136. The van der Waals surface area contributed by atoms with Crippen LogP contribution in [-0.4, -0.2) is 49.1 Å². The number of hydrogen-bond acceptors (Lipinski definition) is 5. The molecule has 0 aromatic heterocycles. The number of carboxylic acid groups (broad SMARTS) is 1. The number of carbonyl (C=O) groups is 4. The Labute approximate surface area is 249 Å². The van der Waals surface area contributed by atoms with Crippen molar-refractivity contribution in [3.63, 3.8) is 0 Å². The number of aliphatic carboxylic acids is 1. The predicted octanol–water partition coefficient (Wildman–Crippen LogP) is 5.15. The Kier molecular flexibility index (Phi) is 10.1. The average molecular weight is 581 g/mol. The monoisotopic (exact) mass is 580 g/mol. The number of anilines is 4. The fraction of sp³-hybridized carbons (Fsp3) is 0.152. The molecule has 10 nitrogen and oxygen atoms in total. The minimum Gasteiger partial charge on any atom is -0.482 e. The number of para-hydroxylation sites is 3. The highest BCUT2D eigenvalue weighted by Crippen LogP contribution is 2.34. The van der Waals surface area contributed by atoms with Crippen molar-refractivity contribution >= 4 is 46.6 Å². The molecular formula is C33H32N4O6. The molecule has 4 amide bonds. The van der Waals surface area contributed by atoms with E-state index >= 15 is 0 Å². The van der Waals surface area contributed by atoms with Crippen LogP contribution in [0.15, 0.2) is 103 Å². The molecule has 0 atom stereocenters. The average Bonchev–Trinajstić information content (AvgIpc) is 2.99. The van der Waals surface area contributed by atoms with E-state index in [1.807, 2.05) is 55.5 Å². The summed E-state index contributed by atoms with van der Waals surface area (Å²) >= 11 is 0. The van der Waals surface area contributed by atoms with Crippen molar-refractivity contribution in [2.24, 2.45) is 0 Å². The van der Waals surface area contributed by atoms with Gasteiger partial charge in [0, 0.05) is 24.1 Å². The van der Waals surface area contributed by atoms with Crippen molar-refractivity contribution in [1.29, 1.82) is 0 Å². The van der Waals surface area contributed by atoms with Crippen LogP contribution in [0.2, 0.25) is 0 Å². The number of carbonyl (C=O) groups excluding carboxylic acids is 3. The van der Waals surface area contributed by atoms with Gasteiger partial charge in [-0.2, -0.15) is 0 Å². The maximum absolute atomic E-state index is 13.7. The Bertz CT molecular complexity index is 1610. The van der Waals surface area contributed by atoms with Crippen LogP contribution in [0.1, 0.15) is 11.1 Å². The van der Waals surface area contributed by atoms with E-state index in [9.17, 15) is 19.2 Å². The molecule has 4 rings (SSSR count). The fourth-order valence-corrected chi connectivity index (χ4v) is 4.32. The molecule has 0 saturated carbocycles. The largest absolute Gasteiger partial charge is 0.482 e. The first-order chi connectivity index (χ1) is 20.7. The standard InChI is InChI=1S/C33H32N4O6/c1-23-10-8-15-27(18-23)37(30(38)21-34-33(42)35-25-12-9-11-24(19-25)20-32(40)41)28-16-6-7-17-29(28)43-22-31(39)36(2)26-13-4-3-5-14-26/h3-19H,20-22H2,1-2H3,(H,40,41)(H2,34,35,42). The van der Waals surface area contributed by atoms with E-state index in [1.54, 1.807) is 61.6 Å². The third-order valence-corrected chi connectivity index (χ3v) is 6.42. The zero-order valence-corrected chi connectivity index (χ0v) is 23.8. The zero-order chi connectivity index (χ0) is 30.8. The molecule has 0 fully saturated rings. The molecule has 10 heteroatoms. The van der Waals surface area contributed by atoms with Crippen molar-refractivity contribution in [3.8, 4) is 5.75 Å². The molecule has 0 aliphatic carbocycles. The van der Waals surface area contributed by atoms with E-state index in [1.165, 1.54) is 9.80 Å². The van der Waals surface area contributed by atoms with Gasteiger partial charge in [-0.15, -0.1) is 0 Å². The van der Waals surface area contributed by atoms with Crippen LogP contribution < -0.4 is 25.2 Å². The number of urea groups is 1. The molecule has 4 aromatic carbocycles. The highest BCUT2D eigenvalue weighted by molar-refractivity contribution is 6.05. The minimum absolute atomic E-state index is 0.184. The number of carboxylic acids is 1. The van der Waals surface area contributed by atoms with Crippen LogP contribution in [0, 0.1) is 6.92 Å². The molecule has 0 bridgehead atoms. The minimum atomic E-state index is -0.986.